The fraction of sp³-hybridized carbons (Fsp3) is 0.0417. The number of aromatic nitrogens is 1. The Morgan fingerprint density at radius 1 is 1.03 bits per heavy atom. The van der Waals surface area contributed by atoms with E-state index in [1.165, 1.54) is 11.9 Å². The number of pyridine rings is 1. The Balaban J connectivity index is 1.61. The van der Waals surface area contributed by atoms with Crippen LogP contribution in [0.3, 0.4) is 0 Å². The first kappa shape index (κ1) is 23.3. The molecular weight excluding hydrogens is 495 g/mol. The van der Waals surface area contributed by atoms with Gasteiger partial charge in [0.15, 0.2) is 0 Å². The van der Waals surface area contributed by atoms with E-state index in [4.69, 9.17) is 28.2 Å². The van der Waals surface area contributed by atoms with Crippen molar-refractivity contribution < 1.29 is 4.79 Å². The third-order valence-corrected chi connectivity index (χ3v) is 6.69. The van der Waals surface area contributed by atoms with Crippen molar-refractivity contribution in [1.29, 1.82) is 0 Å². The van der Waals surface area contributed by atoms with Gasteiger partial charge in [-0.15, -0.1) is 0 Å². The standard InChI is InChI=1S/C24H18Cl2N4OS2/c25-19-5-1-17(2-6-19)22-11-16(12-27-23(22)18-3-7-20(26)8-4-18)13-28-24(29-15-31)30-33-21-9-10-32-14-21/h1-12,14-15H,13H2,(H2,28,29,30,31). The first-order chi connectivity index (χ1) is 16.1. The summed E-state index contributed by atoms with van der Waals surface area (Å²) < 4.78 is 4.37. The number of amides is 1. The lowest BCUT2D eigenvalue weighted by Crippen LogP contribution is -2.35. The summed E-state index contributed by atoms with van der Waals surface area (Å²) in [6, 6.07) is 19.3. The van der Waals surface area contributed by atoms with Crippen molar-refractivity contribution in [2.45, 2.75) is 11.4 Å². The molecule has 0 radical (unpaired) electrons. The summed E-state index contributed by atoms with van der Waals surface area (Å²) in [5.41, 5.74) is 4.68. The van der Waals surface area contributed by atoms with Gasteiger partial charge in [0.1, 0.15) is 0 Å². The quantitative estimate of drug-likeness (QED) is 0.125. The summed E-state index contributed by atoms with van der Waals surface area (Å²) in [5.74, 6) is 0.371. The normalized spacial score (nSPS) is 11.3. The highest BCUT2D eigenvalue weighted by molar-refractivity contribution is 7.98. The smallest absolute Gasteiger partial charge is 0.213 e. The minimum absolute atomic E-state index is 0.371. The van der Waals surface area contributed by atoms with E-state index in [1.54, 1.807) is 17.5 Å². The molecule has 0 saturated heterocycles. The Morgan fingerprint density at radius 2 is 1.73 bits per heavy atom. The largest absolute Gasteiger partial charge is 0.351 e. The molecule has 0 saturated carbocycles. The van der Waals surface area contributed by atoms with Crippen molar-refractivity contribution in [2.75, 3.05) is 0 Å². The van der Waals surface area contributed by atoms with E-state index in [9.17, 15) is 4.79 Å². The highest BCUT2D eigenvalue weighted by atomic mass is 35.5. The average Bonchev–Trinajstić information content (AvgIpc) is 3.36. The molecule has 2 aromatic heterocycles. The van der Waals surface area contributed by atoms with Crippen LogP contribution >= 0.6 is 46.5 Å². The third-order valence-electron chi connectivity index (χ3n) is 4.61. The lowest BCUT2D eigenvalue weighted by molar-refractivity contribution is -0.108. The SMILES string of the molecule is O=CN/C(=N\Sc1ccsc1)NCc1cnc(-c2ccc(Cl)cc2)c(-c2ccc(Cl)cc2)c1. The van der Waals surface area contributed by atoms with Gasteiger partial charge in [-0.25, -0.2) is 0 Å². The maximum atomic E-state index is 11.0. The number of halogens is 2. The minimum atomic E-state index is 0.371. The third kappa shape index (κ3) is 6.36. The van der Waals surface area contributed by atoms with Crippen molar-refractivity contribution in [2.24, 2.45) is 4.40 Å². The number of rotatable bonds is 7. The van der Waals surface area contributed by atoms with Crippen LogP contribution in [0.4, 0.5) is 0 Å². The molecule has 0 aliphatic carbocycles. The van der Waals surface area contributed by atoms with E-state index in [1.807, 2.05) is 65.4 Å². The molecule has 2 N–H and O–H groups in total. The van der Waals surface area contributed by atoms with Gasteiger partial charge in [-0.3, -0.25) is 15.1 Å². The molecule has 0 fully saturated rings. The summed E-state index contributed by atoms with van der Waals surface area (Å²) in [6.07, 6.45) is 2.40. The number of thiophene rings is 1. The van der Waals surface area contributed by atoms with E-state index in [-0.39, 0.29) is 0 Å². The van der Waals surface area contributed by atoms with E-state index in [0.29, 0.717) is 29.0 Å². The van der Waals surface area contributed by atoms with Crippen molar-refractivity contribution in [3.8, 4) is 22.4 Å². The Bertz CT molecular complexity index is 1240. The van der Waals surface area contributed by atoms with Crippen LogP contribution in [-0.2, 0) is 11.3 Å². The first-order valence-electron chi connectivity index (χ1n) is 9.84. The second-order valence-electron chi connectivity index (χ2n) is 6.86. The molecule has 0 spiro atoms. The number of hydrogen-bond acceptors (Lipinski definition) is 5. The van der Waals surface area contributed by atoms with Gasteiger partial charge >= 0.3 is 0 Å². The van der Waals surface area contributed by atoms with E-state index >= 15 is 0 Å². The molecule has 2 heterocycles. The number of nitrogens with one attached hydrogen (secondary N) is 2. The Morgan fingerprint density at radius 3 is 2.36 bits per heavy atom. The molecule has 33 heavy (non-hydrogen) atoms. The molecule has 4 rings (SSSR count). The highest BCUT2D eigenvalue weighted by Gasteiger charge is 2.11. The summed E-state index contributed by atoms with van der Waals surface area (Å²) in [6.45, 7) is 0.429. The van der Waals surface area contributed by atoms with Crippen LogP contribution in [0.2, 0.25) is 10.0 Å². The Kier molecular flexibility index (Phi) is 8.01. The number of carbonyl (C=O) groups excluding carboxylic acids is 1. The maximum absolute atomic E-state index is 11.0. The van der Waals surface area contributed by atoms with Crippen LogP contribution in [0.1, 0.15) is 5.56 Å². The number of guanidine groups is 1. The summed E-state index contributed by atoms with van der Waals surface area (Å²) >= 11 is 15.0. The van der Waals surface area contributed by atoms with Gasteiger partial charge in [0, 0.05) is 56.1 Å². The van der Waals surface area contributed by atoms with Gasteiger partial charge in [-0.1, -0.05) is 47.5 Å². The van der Waals surface area contributed by atoms with Gasteiger partial charge in [0.05, 0.1) is 5.69 Å². The molecule has 0 atom stereocenters. The summed E-state index contributed by atoms with van der Waals surface area (Å²) in [5, 5.41) is 11.1. The number of carbonyl (C=O) groups is 1. The van der Waals surface area contributed by atoms with Gasteiger partial charge < -0.3 is 5.32 Å². The van der Waals surface area contributed by atoms with Crippen LogP contribution in [0.5, 0.6) is 0 Å². The minimum Gasteiger partial charge on any atom is -0.351 e. The molecule has 5 nitrogen and oxygen atoms in total. The van der Waals surface area contributed by atoms with Crippen molar-refractivity contribution in [3.05, 3.63) is 93.2 Å². The molecule has 0 bridgehead atoms. The summed E-state index contributed by atoms with van der Waals surface area (Å²) in [7, 11) is 0. The second kappa shape index (κ2) is 11.3. The fourth-order valence-corrected chi connectivity index (χ4v) is 4.68. The maximum Gasteiger partial charge on any atom is 0.213 e. The van der Waals surface area contributed by atoms with Gasteiger partial charge in [0.2, 0.25) is 12.4 Å². The van der Waals surface area contributed by atoms with E-state index in [0.717, 1.165) is 32.8 Å². The van der Waals surface area contributed by atoms with Crippen LogP contribution in [-0.4, -0.2) is 17.4 Å². The van der Waals surface area contributed by atoms with Crippen molar-refractivity contribution >= 4 is 58.9 Å². The lowest BCUT2D eigenvalue weighted by atomic mass is 9.98. The number of nitrogens with zero attached hydrogens (tertiary/aromatic N) is 2. The number of hydrogen-bond donors (Lipinski definition) is 2. The number of benzene rings is 2. The molecule has 4 aromatic rings. The van der Waals surface area contributed by atoms with Crippen molar-refractivity contribution in [3.63, 3.8) is 0 Å². The zero-order valence-corrected chi connectivity index (χ0v) is 20.3. The molecule has 2 aromatic carbocycles. The monoisotopic (exact) mass is 512 g/mol. The predicted octanol–water partition coefficient (Wildman–Crippen LogP) is 6.68. The summed E-state index contributed by atoms with van der Waals surface area (Å²) in [4.78, 5) is 16.8. The first-order valence-corrected chi connectivity index (χ1v) is 12.3. The molecule has 0 aliphatic rings. The van der Waals surface area contributed by atoms with Crippen LogP contribution < -0.4 is 10.6 Å². The second-order valence-corrected chi connectivity index (χ2v) is 9.35. The topological polar surface area (TPSA) is 66.4 Å². The lowest BCUT2D eigenvalue weighted by Gasteiger charge is -2.13. The molecule has 9 heteroatoms. The molecule has 0 aliphatic heterocycles. The zero-order valence-electron chi connectivity index (χ0n) is 17.2. The highest BCUT2D eigenvalue weighted by Crippen LogP contribution is 2.32. The predicted molar refractivity (Wildman–Crippen MR) is 139 cm³/mol. The van der Waals surface area contributed by atoms with Crippen LogP contribution in [0.25, 0.3) is 22.4 Å². The Labute approximate surface area is 210 Å². The molecule has 166 valence electrons. The molecule has 0 unspecified atom stereocenters. The molecule has 1 amide bonds. The van der Waals surface area contributed by atoms with Crippen molar-refractivity contribution in [1.82, 2.24) is 15.6 Å². The zero-order chi connectivity index (χ0) is 23.0. The van der Waals surface area contributed by atoms with E-state index in [2.05, 4.69) is 21.1 Å². The van der Waals surface area contributed by atoms with Gasteiger partial charge in [0.25, 0.3) is 0 Å². The van der Waals surface area contributed by atoms with Gasteiger partial charge in [-0.2, -0.15) is 15.7 Å². The van der Waals surface area contributed by atoms with Crippen LogP contribution in [0, 0.1) is 0 Å². The fourth-order valence-electron chi connectivity index (χ4n) is 3.05. The van der Waals surface area contributed by atoms with Gasteiger partial charge in [-0.05, 0) is 52.9 Å². The van der Waals surface area contributed by atoms with E-state index < -0.39 is 0 Å². The Hall–Kier alpha value is -2.84. The molecular formula is C24H18Cl2N4OS2. The average molecular weight is 513 g/mol. The van der Waals surface area contributed by atoms with Crippen LogP contribution in [0.15, 0.2) is 86.9 Å².